The van der Waals surface area contributed by atoms with Crippen LogP contribution in [0.3, 0.4) is 0 Å². The number of nitrogens with zero attached hydrogens (tertiary/aromatic N) is 1. The van der Waals surface area contributed by atoms with E-state index in [4.69, 9.17) is 18.9 Å². The van der Waals surface area contributed by atoms with E-state index in [9.17, 15) is 14.4 Å². The van der Waals surface area contributed by atoms with Crippen molar-refractivity contribution < 1.29 is 33.3 Å². The van der Waals surface area contributed by atoms with Gasteiger partial charge in [0.25, 0.3) is 11.8 Å². The van der Waals surface area contributed by atoms with Crippen LogP contribution in [-0.2, 0) is 20.8 Å². The van der Waals surface area contributed by atoms with Crippen molar-refractivity contribution in [3.63, 3.8) is 0 Å². The van der Waals surface area contributed by atoms with E-state index in [2.05, 4.69) is 23.3 Å². The van der Waals surface area contributed by atoms with Crippen LogP contribution in [0.15, 0.2) is 48.5 Å². The van der Waals surface area contributed by atoms with E-state index in [0.29, 0.717) is 38.5 Å². The van der Waals surface area contributed by atoms with E-state index in [-0.39, 0.29) is 47.6 Å². The number of para-hydroxylation sites is 1. The average Bonchev–Trinajstić information content (AvgIpc) is 3.37. The second-order valence-electron chi connectivity index (χ2n) is 10.1. The Morgan fingerprint density at radius 3 is 2.22 bits per heavy atom. The van der Waals surface area contributed by atoms with Gasteiger partial charge in [0, 0.05) is 25.4 Å². The number of ether oxygens (including phenoxy) is 4. The van der Waals surface area contributed by atoms with Gasteiger partial charge in [0.1, 0.15) is 22.7 Å². The van der Waals surface area contributed by atoms with Crippen molar-refractivity contribution in [2.24, 2.45) is 0 Å². The molecule has 12 heteroatoms. The van der Waals surface area contributed by atoms with Gasteiger partial charge in [-0.05, 0) is 38.5 Å². The molecule has 1 saturated heterocycles. The fourth-order valence-electron chi connectivity index (χ4n) is 3.78. The van der Waals surface area contributed by atoms with Gasteiger partial charge in [0.15, 0.2) is 0 Å². The van der Waals surface area contributed by atoms with E-state index < -0.39 is 11.7 Å². The van der Waals surface area contributed by atoms with Gasteiger partial charge < -0.3 is 34.5 Å². The lowest BCUT2D eigenvalue weighted by atomic mass is 10.1. The Kier molecular flexibility index (Phi) is 13.1. The topological polar surface area (TPSA) is 115 Å². The molecule has 0 saturated carbocycles. The van der Waals surface area contributed by atoms with Crippen molar-refractivity contribution in [1.82, 2.24) is 15.5 Å². The Morgan fingerprint density at radius 2 is 1.59 bits per heavy atom. The lowest BCUT2D eigenvalue weighted by molar-refractivity contribution is 0.0400. The summed E-state index contributed by atoms with van der Waals surface area (Å²) in [5.74, 6) is 0.450. The van der Waals surface area contributed by atoms with Gasteiger partial charge in [-0.2, -0.15) is 0 Å². The molecule has 1 aliphatic rings. The predicted molar refractivity (Wildman–Crippen MR) is 162 cm³/mol. The maximum absolute atomic E-state index is 13.4. The van der Waals surface area contributed by atoms with E-state index in [1.54, 1.807) is 55.6 Å². The summed E-state index contributed by atoms with van der Waals surface area (Å²) < 4.78 is 22.0. The Morgan fingerprint density at radius 1 is 0.927 bits per heavy atom. The van der Waals surface area contributed by atoms with Crippen molar-refractivity contribution in [3.8, 4) is 5.75 Å². The maximum Gasteiger partial charge on any atom is 0.407 e. The van der Waals surface area contributed by atoms with Crippen LogP contribution in [0.5, 0.6) is 5.75 Å². The van der Waals surface area contributed by atoms with Gasteiger partial charge in [-0.1, -0.05) is 36.4 Å². The fraction of sp³-hybridized carbons (Fsp3) is 0.483. The molecule has 0 aliphatic carbocycles. The number of carbonyl (C=O) groups is 3. The number of amides is 3. The molecule has 1 atom stereocenters. The molecule has 0 bridgehead atoms. The van der Waals surface area contributed by atoms with Crippen LogP contribution >= 0.6 is 24.4 Å². The first kappa shape index (κ1) is 32.6. The Bertz CT molecular complexity index is 1140. The molecule has 10 nitrogen and oxygen atoms in total. The lowest BCUT2D eigenvalue weighted by Crippen LogP contribution is -2.34. The first-order valence-corrected chi connectivity index (χ1v) is 15.0. The largest absolute Gasteiger partial charge is 0.487 e. The third kappa shape index (κ3) is 11.1. The summed E-state index contributed by atoms with van der Waals surface area (Å²) in [6, 6.07) is 14.6. The van der Waals surface area contributed by atoms with Gasteiger partial charge in [-0.15, -0.1) is 24.4 Å². The summed E-state index contributed by atoms with van der Waals surface area (Å²) in [4.78, 5) is 39.8. The van der Waals surface area contributed by atoms with Crippen molar-refractivity contribution in [1.29, 1.82) is 0 Å². The maximum atomic E-state index is 13.4. The Hall–Kier alpha value is -2.93. The van der Waals surface area contributed by atoms with Crippen LogP contribution in [-0.4, -0.2) is 84.9 Å². The molecule has 3 amide bonds. The van der Waals surface area contributed by atoms with Crippen molar-refractivity contribution in [2.45, 2.75) is 37.7 Å². The standard InChI is InChI=1S/C29H39N3O7S2/c1-29(2,3)39-27(35)31-13-16-37-18-17-36-15-12-30-25(33)22-10-7-11-23(26(34)32-14-19-41-28(32)40)24(22)38-20-21-8-5-4-6-9-21/h4-11,28,40H,12-20H2,1-3H3,(H,30,33)(H,31,35). The number of thiol groups is 1. The monoisotopic (exact) mass is 605 g/mol. The molecular weight excluding hydrogens is 566 g/mol. The normalized spacial score (nSPS) is 14.9. The number of hydrogen-bond acceptors (Lipinski definition) is 9. The molecule has 1 fully saturated rings. The Labute approximate surface area is 251 Å². The molecule has 2 aromatic rings. The van der Waals surface area contributed by atoms with Gasteiger partial charge >= 0.3 is 6.09 Å². The van der Waals surface area contributed by atoms with Crippen LogP contribution in [0.25, 0.3) is 0 Å². The summed E-state index contributed by atoms with van der Waals surface area (Å²) in [7, 11) is 0. The molecule has 1 heterocycles. The van der Waals surface area contributed by atoms with Gasteiger partial charge in [-0.3, -0.25) is 9.59 Å². The number of nitrogens with one attached hydrogen (secondary N) is 2. The molecular formula is C29H39N3O7S2. The quantitative estimate of drug-likeness (QED) is 0.219. The molecule has 41 heavy (non-hydrogen) atoms. The average molecular weight is 606 g/mol. The zero-order valence-electron chi connectivity index (χ0n) is 23.7. The summed E-state index contributed by atoms with van der Waals surface area (Å²) in [5, 5.41) is 5.45. The first-order chi connectivity index (χ1) is 19.7. The number of alkyl carbamates (subject to hydrolysis) is 1. The van der Waals surface area contributed by atoms with Crippen LogP contribution in [0, 0.1) is 0 Å². The zero-order valence-corrected chi connectivity index (χ0v) is 25.4. The van der Waals surface area contributed by atoms with E-state index in [1.165, 1.54) is 0 Å². The second kappa shape index (κ2) is 16.5. The number of rotatable bonds is 14. The highest BCUT2D eigenvalue weighted by Gasteiger charge is 2.31. The van der Waals surface area contributed by atoms with E-state index >= 15 is 0 Å². The molecule has 3 rings (SSSR count). The molecule has 1 unspecified atom stereocenters. The lowest BCUT2D eigenvalue weighted by Gasteiger charge is -2.22. The minimum absolute atomic E-state index is 0.209. The van der Waals surface area contributed by atoms with Crippen LogP contribution in [0.2, 0.25) is 0 Å². The Balaban J connectivity index is 1.47. The fourth-order valence-corrected chi connectivity index (χ4v) is 5.21. The van der Waals surface area contributed by atoms with Crippen molar-refractivity contribution in [2.75, 3.05) is 51.8 Å². The first-order valence-electron chi connectivity index (χ1n) is 13.5. The highest BCUT2D eigenvalue weighted by Crippen LogP contribution is 2.32. The third-order valence-corrected chi connectivity index (χ3v) is 7.36. The van der Waals surface area contributed by atoms with Crippen molar-refractivity contribution in [3.05, 3.63) is 65.2 Å². The van der Waals surface area contributed by atoms with Gasteiger partial charge in [-0.25, -0.2) is 4.79 Å². The van der Waals surface area contributed by atoms with Gasteiger partial charge in [0.05, 0.1) is 37.6 Å². The number of benzene rings is 2. The molecule has 1 aliphatic heterocycles. The van der Waals surface area contributed by atoms with Crippen LogP contribution < -0.4 is 15.4 Å². The zero-order chi connectivity index (χ0) is 29.7. The minimum Gasteiger partial charge on any atom is -0.487 e. The molecule has 0 radical (unpaired) electrons. The molecule has 2 aromatic carbocycles. The summed E-state index contributed by atoms with van der Waals surface area (Å²) in [6.45, 7) is 8.03. The van der Waals surface area contributed by atoms with Crippen molar-refractivity contribution >= 4 is 42.3 Å². The molecule has 0 spiro atoms. The summed E-state index contributed by atoms with van der Waals surface area (Å²) >= 11 is 6.09. The number of thioether (sulfide) groups is 1. The van der Waals surface area contributed by atoms with Crippen LogP contribution in [0.4, 0.5) is 4.79 Å². The minimum atomic E-state index is -0.548. The highest BCUT2D eigenvalue weighted by atomic mass is 32.2. The predicted octanol–water partition coefficient (Wildman–Crippen LogP) is 3.96. The van der Waals surface area contributed by atoms with E-state index in [1.807, 2.05) is 30.3 Å². The number of hydrogen-bond donors (Lipinski definition) is 3. The highest BCUT2D eigenvalue weighted by molar-refractivity contribution is 8.10. The number of carbonyl (C=O) groups excluding carboxylic acids is 3. The second-order valence-corrected chi connectivity index (χ2v) is 12.1. The SMILES string of the molecule is CC(C)(C)OC(=O)NCCOCCOCCNC(=O)c1cccc(C(=O)N2CCSC2S)c1OCc1ccccc1. The molecule has 224 valence electrons. The molecule has 0 aromatic heterocycles. The van der Waals surface area contributed by atoms with Crippen LogP contribution in [0.1, 0.15) is 47.1 Å². The third-order valence-electron chi connectivity index (χ3n) is 5.66. The summed E-state index contributed by atoms with van der Waals surface area (Å²) in [6.07, 6.45) is -0.488. The smallest absolute Gasteiger partial charge is 0.407 e. The van der Waals surface area contributed by atoms with Gasteiger partial charge in [0.2, 0.25) is 0 Å². The van der Waals surface area contributed by atoms with E-state index in [0.717, 1.165) is 11.3 Å². The molecule has 2 N–H and O–H groups in total. The summed E-state index contributed by atoms with van der Waals surface area (Å²) in [5.41, 5.74) is 0.967.